The molecule has 0 spiro atoms. The number of carbonyl (C=O) groups is 1. The SMILES string of the molecule is O=C(O)c1ccc(CNCCCO)o1. The molecule has 0 amide bonds. The molecule has 5 nitrogen and oxygen atoms in total. The van der Waals surface area contributed by atoms with Crippen molar-refractivity contribution < 1.29 is 19.4 Å². The lowest BCUT2D eigenvalue weighted by atomic mass is 10.4. The first-order chi connectivity index (χ1) is 6.74. The maximum atomic E-state index is 10.4. The molecular weight excluding hydrogens is 186 g/mol. The summed E-state index contributed by atoms with van der Waals surface area (Å²) in [6, 6.07) is 3.04. The lowest BCUT2D eigenvalue weighted by molar-refractivity contribution is 0.0660. The number of nitrogens with one attached hydrogen (secondary N) is 1. The van der Waals surface area contributed by atoms with E-state index in [0.29, 0.717) is 25.3 Å². The Hall–Kier alpha value is -1.33. The number of aliphatic hydroxyl groups excluding tert-OH is 1. The monoisotopic (exact) mass is 199 g/mol. The molecule has 0 radical (unpaired) electrons. The summed E-state index contributed by atoms with van der Waals surface area (Å²) in [6.45, 7) is 1.30. The number of aromatic carboxylic acids is 1. The van der Waals surface area contributed by atoms with Gasteiger partial charge in [-0.3, -0.25) is 0 Å². The van der Waals surface area contributed by atoms with E-state index in [4.69, 9.17) is 14.6 Å². The molecule has 0 aliphatic heterocycles. The van der Waals surface area contributed by atoms with E-state index in [1.54, 1.807) is 6.07 Å². The minimum absolute atomic E-state index is 0.0519. The summed E-state index contributed by atoms with van der Waals surface area (Å²) in [5.41, 5.74) is 0. The highest BCUT2D eigenvalue weighted by atomic mass is 16.4. The summed E-state index contributed by atoms with van der Waals surface area (Å²) in [6.07, 6.45) is 0.673. The number of carboxylic acids is 1. The molecule has 0 fully saturated rings. The summed E-state index contributed by atoms with van der Waals surface area (Å²) in [5, 5.41) is 20.1. The van der Waals surface area contributed by atoms with E-state index >= 15 is 0 Å². The molecule has 78 valence electrons. The molecule has 5 heteroatoms. The second kappa shape index (κ2) is 5.41. The summed E-state index contributed by atoms with van der Waals surface area (Å²) in [4.78, 5) is 10.4. The highest BCUT2D eigenvalue weighted by Gasteiger charge is 2.07. The van der Waals surface area contributed by atoms with Gasteiger partial charge in [0.2, 0.25) is 5.76 Å². The van der Waals surface area contributed by atoms with Gasteiger partial charge < -0.3 is 19.9 Å². The van der Waals surface area contributed by atoms with E-state index in [2.05, 4.69) is 5.32 Å². The molecule has 0 unspecified atom stereocenters. The van der Waals surface area contributed by atoms with E-state index in [0.717, 1.165) is 0 Å². The van der Waals surface area contributed by atoms with Gasteiger partial charge in [0.15, 0.2) is 0 Å². The van der Waals surface area contributed by atoms with Crippen LogP contribution in [0.3, 0.4) is 0 Å². The summed E-state index contributed by atoms with van der Waals surface area (Å²) >= 11 is 0. The van der Waals surface area contributed by atoms with Gasteiger partial charge in [-0.25, -0.2) is 4.79 Å². The Labute approximate surface area is 81.4 Å². The molecule has 1 rings (SSSR count). The van der Waals surface area contributed by atoms with Crippen LogP contribution in [-0.2, 0) is 6.54 Å². The number of hydrogen-bond donors (Lipinski definition) is 3. The van der Waals surface area contributed by atoms with Crippen molar-refractivity contribution in [2.24, 2.45) is 0 Å². The highest BCUT2D eigenvalue weighted by molar-refractivity contribution is 5.84. The molecule has 14 heavy (non-hydrogen) atoms. The van der Waals surface area contributed by atoms with Crippen LogP contribution in [0.5, 0.6) is 0 Å². The first-order valence-corrected chi connectivity index (χ1v) is 4.37. The zero-order valence-electron chi connectivity index (χ0n) is 7.69. The van der Waals surface area contributed by atoms with Gasteiger partial charge in [0.25, 0.3) is 0 Å². The Kier molecular flexibility index (Phi) is 4.15. The van der Waals surface area contributed by atoms with Gasteiger partial charge in [-0.05, 0) is 25.1 Å². The summed E-state index contributed by atoms with van der Waals surface area (Å²) < 4.78 is 5.00. The van der Waals surface area contributed by atoms with Crippen LogP contribution in [0.1, 0.15) is 22.7 Å². The molecule has 0 saturated carbocycles. The van der Waals surface area contributed by atoms with Gasteiger partial charge in [-0.2, -0.15) is 0 Å². The van der Waals surface area contributed by atoms with Crippen LogP contribution in [0.25, 0.3) is 0 Å². The maximum absolute atomic E-state index is 10.4. The number of furan rings is 1. The van der Waals surface area contributed by atoms with Gasteiger partial charge in [-0.15, -0.1) is 0 Å². The van der Waals surface area contributed by atoms with E-state index in [1.807, 2.05) is 0 Å². The fraction of sp³-hybridized carbons (Fsp3) is 0.444. The molecule has 1 aromatic rings. The molecule has 0 atom stereocenters. The molecule has 3 N–H and O–H groups in total. The van der Waals surface area contributed by atoms with E-state index in [9.17, 15) is 4.79 Å². The Morgan fingerprint density at radius 2 is 2.29 bits per heavy atom. The molecule has 0 aliphatic rings. The Morgan fingerprint density at radius 3 is 2.86 bits per heavy atom. The predicted octanol–water partition coefficient (Wildman–Crippen LogP) is 0.450. The van der Waals surface area contributed by atoms with Crippen molar-refractivity contribution in [3.05, 3.63) is 23.7 Å². The lowest BCUT2D eigenvalue weighted by Gasteiger charge is -1.99. The van der Waals surface area contributed by atoms with Gasteiger partial charge in [-0.1, -0.05) is 0 Å². The fourth-order valence-corrected chi connectivity index (χ4v) is 1.00. The van der Waals surface area contributed by atoms with Crippen LogP contribution < -0.4 is 5.32 Å². The van der Waals surface area contributed by atoms with E-state index in [1.165, 1.54) is 6.07 Å². The second-order valence-corrected chi connectivity index (χ2v) is 2.83. The average Bonchev–Trinajstić information content (AvgIpc) is 2.61. The van der Waals surface area contributed by atoms with Crippen molar-refractivity contribution in [3.63, 3.8) is 0 Å². The maximum Gasteiger partial charge on any atom is 0.371 e. The standard InChI is InChI=1S/C9H13NO4/c11-5-1-4-10-6-7-2-3-8(14-7)9(12)13/h2-3,10-11H,1,4-6H2,(H,12,13). The molecule has 1 aromatic heterocycles. The van der Waals surface area contributed by atoms with E-state index < -0.39 is 5.97 Å². The smallest absolute Gasteiger partial charge is 0.371 e. The normalized spacial score (nSPS) is 10.4. The van der Waals surface area contributed by atoms with Gasteiger partial charge >= 0.3 is 5.97 Å². The van der Waals surface area contributed by atoms with Crippen LogP contribution in [-0.4, -0.2) is 29.3 Å². The largest absolute Gasteiger partial charge is 0.475 e. The minimum atomic E-state index is -1.06. The summed E-state index contributed by atoms with van der Waals surface area (Å²) in [5.74, 6) is -0.532. The van der Waals surface area contributed by atoms with Crippen LogP contribution in [0.15, 0.2) is 16.5 Å². The van der Waals surface area contributed by atoms with Crippen molar-refractivity contribution in [1.82, 2.24) is 5.32 Å². The summed E-state index contributed by atoms with van der Waals surface area (Å²) in [7, 11) is 0. The molecule has 0 aliphatic carbocycles. The van der Waals surface area contributed by atoms with Crippen molar-refractivity contribution >= 4 is 5.97 Å². The number of hydrogen-bond acceptors (Lipinski definition) is 4. The fourth-order valence-electron chi connectivity index (χ4n) is 1.00. The van der Waals surface area contributed by atoms with E-state index in [-0.39, 0.29) is 12.4 Å². The predicted molar refractivity (Wildman–Crippen MR) is 49.1 cm³/mol. The molecule has 0 saturated heterocycles. The second-order valence-electron chi connectivity index (χ2n) is 2.83. The van der Waals surface area contributed by atoms with Crippen LogP contribution in [0.4, 0.5) is 0 Å². The number of rotatable bonds is 6. The number of carboxylic acid groups (broad SMARTS) is 1. The quantitative estimate of drug-likeness (QED) is 0.579. The zero-order valence-corrected chi connectivity index (χ0v) is 7.69. The molecule has 0 bridgehead atoms. The van der Waals surface area contributed by atoms with Crippen molar-refractivity contribution in [2.75, 3.05) is 13.2 Å². The topological polar surface area (TPSA) is 82.7 Å². The first-order valence-electron chi connectivity index (χ1n) is 4.37. The van der Waals surface area contributed by atoms with Gasteiger partial charge in [0.1, 0.15) is 5.76 Å². The first kappa shape index (κ1) is 10.7. The molecular formula is C9H13NO4. The van der Waals surface area contributed by atoms with Crippen LogP contribution >= 0.6 is 0 Å². The molecule has 1 heterocycles. The number of aliphatic hydroxyl groups is 1. The van der Waals surface area contributed by atoms with Gasteiger partial charge in [0, 0.05) is 6.61 Å². The third-order valence-electron chi connectivity index (χ3n) is 1.68. The van der Waals surface area contributed by atoms with Crippen LogP contribution in [0, 0.1) is 0 Å². The van der Waals surface area contributed by atoms with Gasteiger partial charge in [0.05, 0.1) is 6.54 Å². The Morgan fingerprint density at radius 1 is 1.50 bits per heavy atom. The van der Waals surface area contributed by atoms with Crippen molar-refractivity contribution in [3.8, 4) is 0 Å². The zero-order chi connectivity index (χ0) is 10.4. The van der Waals surface area contributed by atoms with Crippen LogP contribution in [0.2, 0.25) is 0 Å². The average molecular weight is 199 g/mol. The van der Waals surface area contributed by atoms with Crippen molar-refractivity contribution in [2.45, 2.75) is 13.0 Å². The lowest BCUT2D eigenvalue weighted by Crippen LogP contribution is -2.15. The third kappa shape index (κ3) is 3.20. The Bertz CT molecular complexity index is 295. The van der Waals surface area contributed by atoms with Crippen molar-refractivity contribution in [1.29, 1.82) is 0 Å². The highest BCUT2D eigenvalue weighted by Crippen LogP contribution is 2.07. The molecule has 0 aromatic carbocycles. The Balaban J connectivity index is 2.33. The third-order valence-corrected chi connectivity index (χ3v) is 1.68. The minimum Gasteiger partial charge on any atom is -0.475 e.